The van der Waals surface area contributed by atoms with Crippen LogP contribution < -0.4 is 10.1 Å². The van der Waals surface area contributed by atoms with Crippen LogP contribution in [-0.2, 0) is 11.3 Å². The molecule has 0 fully saturated rings. The Morgan fingerprint density at radius 1 is 1.45 bits per heavy atom. The Kier molecular flexibility index (Phi) is 5.98. The summed E-state index contributed by atoms with van der Waals surface area (Å²) in [5.41, 5.74) is 0.185. The van der Waals surface area contributed by atoms with Crippen LogP contribution in [0.4, 0.5) is 0 Å². The molecule has 0 aliphatic carbocycles. The van der Waals surface area contributed by atoms with Crippen molar-refractivity contribution in [2.75, 3.05) is 27.2 Å². The highest BCUT2D eigenvalue weighted by molar-refractivity contribution is 5.77. The summed E-state index contributed by atoms with van der Waals surface area (Å²) in [5.74, 6) is 0.704. The number of rotatable bonds is 7. The molecule has 0 saturated carbocycles. The summed E-state index contributed by atoms with van der Waals surface area (Å²) in [6.45, 7) is 4.61. The number of methoxy groups -OCH3 is 1. The predicted octanol–water partition coefficient (Wildman–Crippen LogP) is 1.01. The van der Waals surface area contributed by atoms with Crippen LogP contribution in [0.1, 0.15) is 19.4 Å². The quantitative estimate of drug-likeness (QED) is 0.782. The van der Waals surface area contributed by atoms with E-state index in [9.17, 15) is 9.90 Å². The molecule has 0 spiro atoms. The molecule has 1 amide bonds. The number of aliphatic hydroxyl groups is 1. The smallest absolute Gasteiger partial charge is 0.234 e. The maximum Gasteiger partial charge on any atom is 0.234 e. The van der Waals surface area contributed by atoms with E-state index in [0.29, 0.717) is 13.1 Å². The van der Waals surface area contributed by atoms with E-state index in [1.54, 1.807) is 25.9 Å². The van der Waals surface area contributed by atoms with E-state index < -0.39 is 5.60 Å². The number of likely N-dealkylation sites (N-methyl/N-ethyl adjacent to an activating group) is 1. The van der Waals surface area contributed by atoms with Gasteiger partial charge < -0.3 is 15.2 Å². The molecule has 1 aromatic carbocycles. The lowest BCUT2D eigenvalue weighted by Crippen LogP contribution is -2.41. The number of nitrogens with one attached hydrogen (secondary N) is 1. The predicted molar refractivity (Wildman–Crippen MR) is 78.6 cm³/mol. The SMILES string of the molecule is COc1cccc(CNC(=O)CN(C)CC(C)(C)O)c1. The summed E-state index contributed by atoms with van der Waals surface area (Å²) in [6.07, 6.45) is 0. The number of carbonyl (C=O) groups is 1. The zero-order chi connectivity index (χ0) is 15.2. The highest BCUT2D eigenvalue weighted by Crippen LogP contribution is 2.12. The molecule has 1 rings (SSSR count). The van der Waals surface area contributed by atoms with E-state index in [1.165, 1.54) is 0 Å². The molecular weight excluding hydrogens is 256 g/mol. The second-order valence-electron chi connectivity index (χ2n) is 5.61. The lowest BCUT2D eigenvalue weighted by atomic mass is 10.1. The topological polar surface area (TPSA) is 61.8 Å². The van der Waals surface area contributed by atoms with Crippen LogP contribution in [0.5, 0.6) is 5.75 Å². The molecule has 5 nitrogen and oxygen atoms in total. The van der Waals surface area contributed by atoms with Gasteiger partial charge in [0, 0.05) is 13.1 Å². The van der Waals surface area contributed by atoms with Gasteiger partial charge in [0.05, 0.1) is 19.3 Å². The molecule has 0 radical (unpaired) electrons. The maximum absolute atomic E-state index is 11.8. The molecule has 2 N–H and O–H groups in total. The molecule has 112 valence electrons. The molecule has 5 heteroatoms. The average molecular weight is 280 g/mol. The van der Waals surface area contributed by atoms with Gasteiger partial charge in [-0.25, -0.2) is 0 Å². The normalized spacial score (nSPS) is 11.5. The second-order valence-corrected chi connectivity index (χ2v) is 5.61. The van der Waals surface area contributed by atoms with E-state index in [1.807, 2.05) is 31.3 Å². The van der Waals surface area contributed by atoms with Crippen molar-refractivity contribution in [2.24, 2.45) is 0 Å². The van der Waals surface area contributed by atoms with Crippen molar-refractivity contribution in [3.8, 4) is 5.75 Å². The van der Waals surface area contributed by atoms with Gasteiger partial charge in [-0.2, -0.15) is 0 Å². The third-order valence-electron chi connectivity index (χ3n) is 2.69. The van der Waals surface area contributed by atoms with E-state index in [2.05, 4.69) is 5.32 Å². The summed E-state index contributed by atoms with van der Waals surface area (Å²) >= 11 is 0. The Morgan fingerprint density at radius 3 is 2.75 bits per heavy atom. The van der Waals surface area contributed by atoms with Crippen LogP contribution in [-0.4, -0.2) is 48.8 Å². The Labute approximate surface area is 120 Å². The first-order chi connectivity index (χ1) is 9.30. The Hall–Kier alpha value is -1.59. The number of nitrogens with zero attached hydrogens (tertiary/aromatic N) is 1. The fourth-order valence-electron chi connectivity index (χ4n) is 2.00. The van der Waals surface area contributed by atoms with Gasteiger partial charge in [0.1, 0.15) is 5.75 Å². The van der Waals surface area contributed by atoms with Crippen LogP contribution in [0.25, 0.3) is 0 Å². The molecule has 1 aromatic rings. The molecule has 0 unspecified atom stereocenters. The average Bonchev–Trinajstić information content (AvgIpc) is 2.34. The van der Waals surface area contributed by atoms with Gasteiger partial charge >= 0.3 is 0 Å². The minimum absolute atomic E-state index is 0.0698. The van der Waals surface area contributed by atoms with E-state index >= 15 is 0 Å². The van der Waals surface area contributed by atoms with Gasteiger partial charge in [-0.3, -0.25) is 9.69 Å². The summed E-state index contributed by atoms with van der Waals surface area (Å²) in [6, 6.07) is 7.58. The summed E-state index contributed by atoms with van der Waals surface area (Å²) in [7, 11) is 3.42. The molecule has 0 saturated heterocycles. The number of hydrogen-bond donors (Lipinski definition) is 2. The van der Waals surface area contributed by atoms with E-state index in [-0.39, 0.29) is 12.5 Å². The minimum Gasteiger partial charge on any atom is -0.497 e. The highest BCUT2D eigenvalue weighted by Gasteiger charge is 2.17. The lowest BCUT2D eigenvalue weighted by molar-refractivity contribution is -0.122. The lowest BCUT2D eigenvalue weighted by Gasteiger charge is -2.24. The maximum atomic E-state index is 11.8. The molecule has 0 aliphatic rings. The minimum atomic E-state index is -0.804. The standard InChI is InChI=1S/C15H24N2O3/c1-15(2,19)11-17(3)10-14(18)16-9-12-6-5-7-13(8-12)20-4/h5-8,19H,9-11H2,1-4H3,(H,16,18). The summed E-state index contributed by atoms with van der Waals surface area (Å²) < 4.78 is 5.13. The number of amides is 1. The van der Waals surface area contributed by atoms with Crippen molar-refractivity contribution in [3.63, 3.8) is 0 Å². The number of hydrogen-bond acceptors (Lipinski definition) is 4. The van der Waals surface area contributed by atoms with Crippen LogP contribution in [0.3, 0.4) is 0 Å². The Balaban J connectivity index is 2.39. The summed E-state index contributed by atoms with van der Waals surface area (Å²) in [4.78, 5) is 13.6. The van der Waals surface area contributed by atoms with Crippen molar-refractivity contribution in [1.29, 1.82) is 0 Å². The van der Waals surface area contributed by atoms with Gasteiger partial charge in [-0.15, -0.1) is 0 Å². The van der Waals surface area contributed by atoms with Crippen molar-refractivity contribution >= 4 is 5.91 Å². The van der Waals surface area contributed by atoms with Crippen molar-refractivity contribution < 1.29 is 14.6 Å². The molecule has 0 aliphatic heterocycles. The van der Waals surface area contributed by atoms with Crippen LogP contribution >= 0.6 is 0 Å². The second kappa shape index (κ2) is 7.26. The number of ether oxygens (including phenoxy) is 1. The van der Waals surface area contributed by atoms with Crippen molar-refractivity contribution in [3.05, 3.63) is 29.8 Å². The largest absolute Gasteiger partial charge is 0.497 e. The first kappa shape index (κ1) is 16.5. The molecule has 20 heavy (non-hydrogen) atoms. The highest BCUT2D eigenvalue weighted by atomic mass is 16.5. The number of benzene rings is 1. The van der Waals surface area contributed by atoms with Crippen molar-refractivity contribution in [1.82, 2.24) is 10.2 Å². The zero-order valence-corrected chi connectivity index (χ0v) is 12.6. The molecule has 0 heterocycles. The molecule has 0 bridgehead atoms. The van der Waals surface area contributed by atoms with Gasteiger partial charge in [-0.1, -0.05) is 12.1 Å². The van der Waals surface area contributed by atoms with Crippen molar-refractivity contribution in [2.45, 2.75) is 26.0 Å². The molecule has 0 atom stereocenters. The Bertz CT molecular complexity index is 441. The van der Waals surface area contributed by atoms with Gasteiger partial charge in [0.2, 0.25) is 5.91 Å². The fraction of sp³-hybridized carbons (Fsp3) is 0.533. The molecule has 0 aromatic heterocycles. The van der Waals surface area contributed by atoms with E-state index in [4.69, 9.17) is 4.74 Å². The van der Waals surface area contributed by atoms with Gasteiger partial charge in [0.25, 0.3) is 0 Å². The van der Waals surface area contributed by atoms with Crippen LogP contribution in [0.2, 0.25) is 0 Å². The monoisotopic (exact) mass is 280 g/mol. The van der Waals surface area contributed by atoms with Crippen LogP contribution in [0, 0.1) is 0 Å². The molecular formula is C15H24N2O3. The van der Waals surface area contributed by atoms with E-state index in [0.717, 1.165) is 11.3 Å². The first-order valence-electron chi connectivity index (χ1n) is 6.61. The third-order valence-corrected chi connectivity index (χ3v) is 2.69. The number of carbonyl (C=O) groups excluding carboxylic acids is 1. The summed E-state index contributed by atoms with van der Waals surface area (Å²) in [5, 5.41) is 12.5. The van der Waals surface area contributed by atoms with Gasteiger partial charge in [-0.05, 0) is 38.6 Å². The van der Waals surface area contributed by atoms with Crippen LogP contribution in [0.15, 0.2) is 24.3 Å². The third kappa shape index (κ3) is 6.54. The fourth-order valence-corrected chi connectivity index (χ4v) is 2.00. The van der Waals surface area contributed by atoms with Gasteiger partial charge in [0.15, 0.2) is 0 Å². The zero-order valence-electron chi connectivity index (χ0n) is 12.6. The Morgan fingerprint density at radius 2 is 2.15 bits per heavy atom. The first-order valence-corrected chi connectivity index (χ1v) is 6.61.